The highest BCUT2D eigenvalue weighted by Crippen LogP contribution is 2.23. The topological polar surface area (TPSA) is 25.8 Å². The number of rotatable bonds is 2. The zero-order valence-electron chi connectivity index (χ0n) is 9.61. The molecule has 0 saturated heterocycles. The van der Waals surface area contributed by atoms with Gasteiger partial charge in [-0.2, -0.15) is 0 Å². The molecule has 2 nitrogen and oxygen atoms in total. The normalized spacial score (nSPS) is 10.9. The van der Waals surface area contributed by atoms with Gasteiger partial charge >= 0.3 is 0 Å². The summed E-state index contributed by atoms with van der Waals surface area (Å²) in [6, 6.07) is 7.62. The van der Waals surface area contributed by atoms with Crippen molar-refractivity contribution < 1.29 is 4.39 Å². The summed E-state index contributed by atoms with van der Waals surface area (Å²) in [5.41, 5.74) is 2.14. The fraction of sp³-hybridized carbons (Fsp3) is 0.231. The summed E-state index contributed by atoms with van der Waals surface area (Å²) in [6.45, 7) is 4.22. The van der Waals surface area contributed by atoms with Gasteiger partial charge in [-0.25, -0.2) is 14.4 Å². The Morgan fingerprint density at radius 2 is 1.82 bits per heavy atom. The Balaban J connectivity index is 2.43. The molecule has 1 aromatic carbocycles. The summed E-state index contributed by atoms with van der Waals surface area (Å²) in [7, 11) is 0. The number of benzene rings is 1. The van der Waals surface area contributed by atoms with E-state index in [1.807, 2.05) is 24.3 Å². The summed E-state index contributed by atoms with van der Waals surface area (Å²) in [5, 5.41) is 0.0503. The molecular formula is C13H12ClFN2. The highest BCUT2D eigenvalue weighted by Gasteiger charge is 2.09. The quantitative estimate of drug-likeness (QED) is 0.751. The van der Waals surface area contributed by atoms with Crippen molar-refractivity contribution in [3.05, 3.63) is 47.1 Å². The average Bonchev–Trinajstić information content (AvgIpc) is 2.32. The SMILES string of the molecule is CC(C)c1ccc(-c2nc(Cl)ncc2F)cc1. The maximum Gasteiger partial charge on any atom is 0.223 e. The molecule has 1 aromatic heterocycles. The molecule has 0 saturated carbocycles. The van der Waals surface area contributed by atoms with Gasteiger partial charge in [0.25, 0.3) is 0 Å². The molecule has 1 heterocycles. The molecule has 2 rings (SSSR count). The molecule has 0 aliphatic carbocycles. The van der Waals surface area contributed by atoms with Crippen molar-refractivity contribution in [2.24, 2.45) is 0 Å². The van der Waals surface area contributed by atoms with Crippen molar-refractivity contribution in [2.75, 3.05) is 0 Å². The van der Waals surface area contributed by atoms with E-state index in [2.05, 4.69) is 23.8 Å². The predicted molar refractivity (Wildman–Crippen MR) is 66.5 cm³/mol. The van der Waals surface area contributed by atoms with Crippen LogP contribution in [0.15, 0.2) is 30.5 Å². The fourth-order valence-electron chi connectivity index (χ4n) is 1.57. The number of hydrogen-bond acceptors (Lipinski definition) is 2. The van der Waals surface area contributed by atoms with Crippen LogP contribution in [0.4, 0.5) is 4.39 Å². The van der Waals surface area contributed by atoms with E-state index in [1.165, 1.54) is 5.56 Å². The lowest BCUT2D eigenvalue weighted by Crippen LogP contribution is -1.93. The third-order valence-electron chi connectivity index (χ3n) is 2.57. The first-order chi connectivity index (χ1) is 8.08. The summed E-state index contributed by atoms with van der Waals surface area (Å²) in [6.07, 6.45) is 1.08. The van der Waals surface area contributed by atoms with Crippen molar-refractivity contribution in [3.8, 4) is 11.3 Å². The Morgan fingerprint density at radius 3 is 2.41 bits per heavy atom. The van der Waals surface area contributed by atoms with Gasteiger partial charge in [-0.1, -0.05) is 38.1 Å². The zero-order valence-corrected chi connectivity index (χ0v) is 10.4. The number of halogens is 2. The highest BCUT2D eigenvalue weighted by atomic mass is 35.5. The fourth-order valence-corrected chi connectivity index (χ4v) is 1.71. The molecule has 0 radical (unpaired) electrons. The minimum absolute atomic E-state index is 0.0503. The predicted octanol–water partition coefficient (Wildman–Crippen LogP) is 4.06. The van der Waals surface area contributed by atoms with E-state index < -0.39 is 5.82 Å². The van der Waals surface area contributed by atoms with E-state index in [0.29, 0.717) is 11.5 Å². The molecule has 0 fully saturated rings. The maximum absolute atomic E-state index is 13.5. The standard InChI is InChI=1S/C13H12ClFN2/c1-8(2)9-3-5-10(6-4-9)12-11(15)7-16-13(14)17-12/h3-8H,1-2H3. The third kappa shape index (κ3) is 2.61. The monoisotopic (exact) mass is 250 g/mol. The van der Waals surface area contributed by atoms with Gasteiger partial charge in [0.2, 0.25) is 5.28 Å². The first-order valence-corrected chi connectivity index (χ1v) is 5.74. The summed E-state index contributed by atoms with van der Waals surface area (Å²) >= 11 is 5.66. The first-order valence-electron chi connectivity index (χ1n) is 5.36. The molecule has 0 atom stereocenters. The van der Waals surface area contributed by atoms with Crippen molar-refractivity contribution in [1.29, 1.82) is 0 Å². The lowest BCUT2D eigenvalue weighted by Gasteiger charge is -2.07. The lowest BCUT2D eigenvalue weighted by molar-refractivity contribution is 0.618. The Kier molecular flexibility index (Phi) is 3.38. The van der Waals surface area contributed by atoms with Crippen LogP contribution < -0.4 is 0 Å². The number of aromatic nitrogens is 2. The number of hydrogen-bond donors (Lipinski definition) is 0. The Labute approximate surface area is 104 Å². The first kappa shape index (κ1) is 12.0. The van der Waals surface area contributed by atoms with Crippen LogP contribution in [0, 0.1) is 5.82 Å². The maximum atomic E-state index is 13.5. The average molecular weight is 251 g/mol. The lowest BCUT2D eigenvalue weighted by atomic mass is 10.0. The molecule has 0 spiro atoms. The van der Waals surface area contributed by atoms with Crippen molar-refractivity contribution in [2.45, 2.75) is 19.8 Å². The third-order valence-corrected chi connectivity index (χ3v) is 2.75. The van der Waals surface area contributed by atoms with Gasteiger partial charge in [0.15, 0.2) is 5.82 Å². The van der Waals surface area contributed by atoms with Crippen LogP contribution >= 0.6 is 11.6 Å². The van der Waals surface area contributed by atoms with Crippen molar-refractivity contribution in [3.63, 3.8) is 0 Å². The molecule has 17 heavy (non-hydrogen) atoms. The van der Waals surface area contributed by atoms with Crippen LogP contribution in [0.2, 0.25) is 5.28 Å². The van der Waals surface area contributed by atoms with Crippen LogP contribution in [0.25, 0.3) is 11.3 Å². The Morgan fingerprint density at radius 1 is 1.18 bits per heavy atom. The van der Waals surface area contributed by atoms with Crippen molar-refractivity contribution >= 4 is 11.6 Å². The van der Waals surface area contributed by atoms with E-state index >= 15 is 0 Å². The minimum atomic E-state index is -0.466. The van der Waals surface area contributed by atoms with Gasteiger partial charge in [-0.15, -0.1) is 0 Å². The van der Waals surface area contributed by atoms with E-state index in [9.17, 15) is 4.39 Å². The van der Waals surface area contributed by atoms with Gasteiger partial charge < -0.3 is 0 Å². The van der Waals surface area contributed by atoms with Gasteiger partial charge in [-0.05, 0) is 23.1 Å². The minimum Gasteiger partial charge on any atom is -0.223 e. The molecule has 0 amide bonds. The smallest absolute Gasteiger partial charge is 0.223 e. The molecule has 0 bridgehead atoms. The summed E-state index contributed by atoms with van der Waals surface area (Å²) in [4.78, 5) is 7.49. The second-order valence-corrected chi connectivity index (χ2v) is 4.45. The van der Waals surface area contributed by atoms with E-state index in [4.69, 9.17) is 11.6 Å². The highest BCUT2D eigenvalue weighted by molar-refractivity contribution is 6.28. The molecule has 88 valence electrons. The molecule has 0 aliphatic heterocycles. The van der Waals surface area contributed by atoms with E-state index in [1.54, 1.807) is 0 Å². The second-order valence-electron chi connectivity index (χ2n) is 4.11. The van der Waals surface area contributed by atoms with Gasteiger partial charge in [-0.3, -0.25) is 0 Å². The Hall–Kier alpha value is -1.48. The van der Waals surface area contributed by atoms with Crippen LogP contribution in [0.5, 0.6) is 0 Å². The summed E-state index contributed by atoms with van der Waals surface area (Å²) < 4.78 is 13.5. The zero-order chi connectivity index (χ0) is 12.4. The summed E-state index contributed by atoms with van der Waals surface area (Å²) in [5.74, 6) is -0.0189. The molecule has 4 heteroatoms. The largest absolute Gasteiger partial charge is 0.223 e. The second kappa shape index (κ2) is 4.80. The number of nitrogens with zero attached hydrogens (tertiary/aromatic N) is 2. The molecule has 0 unspecified atom stereocenters. The van der Waals surface area contributed by atoms with Gasteiger partial charge in [0.05, 0.1) is 6.20 Å². The van der Waals surface area contributed by atoms with Crippen LogP contribution in [0.1, 0.15) is 25.3 Å². The van der Waals surface area contributed by atoms with E-state index in [-0.39, 0.29) is 11.0 Å². The molecule has 2 aromatic rings. The molecule has 0 N–H and O–H groups in total. The molecule has 0 aliphatic rings. The Bertz CT molecular complexity index is 523. The van der Waals surface area contributed by atoms with E-state index in [0.717, 1.165) is 6.20 Å². The van der Waals surface area contributed by atoms with Crippen LogP contribution in [-0.2, 0) is 0 Å². The van der Waals surface area contributed by atoms with Gasteiger partial charge in [0.1, 0.15) is 5.69 Å². The van der Waals surface area contributed by atoms with Crippen molar-refractivity contribution in [1.82, 2.24) is 9.97 Å². The van der Waals surface area contributed by atoms with Crippen LogP contribution in [0.3, 0.4) is 0 Å². The van der Waals surface area contributed by atoms with Crippen LogP contribution in [-0.4, -0.2) is 9.97 Å². The van der Waals surface area contributed by atoms with Gasteiger partial charge in [0, 0.05) is 5.56 Å². The molecular weight excluding hydrogens is 239 g/mol.